The number of likely N-dealkylation sites (tertiary alicyclic amines) is 1. The van der Waals surface area contributed by atoms with Gasteiger partial charge in [0, 0.05) is 19.5 Å². The second-order valence-corrected chi connectivity index (χ2v) is 8.17. The first-order chi connectivity index (χ1) is 14.0. The minimum atomic E-state index is -0.710. The fourth-order valence-corrected chi connectivity index (χ4v) is 4.91. The first-order valence-corrected chi connectivity index (χ1v) is 10.7. The lowest BCUT2D eigenvalue weighted by atomic mass is 9.98. The summed E-state index contributed by atoms with van der Waals surface area (Å²) < 4.78 is 5.50. The molecule has 0 radical (unpaired) electrons. The highest BCUT2D eigenvalue weighted by Gasteiger charge is 2.52. The van der Waals surface area contributed by atoms with Gasteiger partial charge < -0.3 is 15.0 Å². The maximum Gasteiger partial charge on any atom is 0.325 e. The number of ether oxygens (including phenoxy) is 1. The van der Waals surface area contributed by atoms with E-state index in [1.54, 1.807) is 0 Å². The highest BCUT2D eigenvalue weighted by molar-refractivity contribution is 6.07. The smallest absolute Gasteiger partial charge is 0.325 e. The molecule has 4 rings (SSSR count). The number of carbonyl (C=O) groups excluding carboxylic acids is 3. The van der Waals surface area contributed by atoms with E-state index in [-0.39, 0.29) is 36.9 Å². The number of imide groups is 1. The van der Waals surface area contributed by atoms with Gasteiger partial charge in [-0.1, -0.05) is 25.0 Å². The second kappa shape index (κ2) is 8.05. The zero-order valence-corrected chi connectivity index (χ0v) is 17.0. The van der Waals surface area contributed by atoms with Gasteiger partial charge in [-0.25, -0.2) is 4.79 Å². The Morgan fingerprint density at radius 2 is 1.90 bits per heavy atom. The first kappa shape index (κ1) is 19.7. The van der Waals surface area contributed by atoms with E-state index in [1.165, 1.54) is 4.90 Å². The summed E-state index contributed by atoms with van der Waals surface area (Å²) in [5, 5.41) is 2.87. The number of hydrogen-bond acceptors (Lipinski definition) is 4. The van der Waals surface area contributed by atoms with E-state index in [2.05, 4.69) is 5.32 Å². The van der Waals surface area contributed by atoms with Gasteiger partial charge in [0.2, 0.25) is 5.91 Å². The van der Waals surface area contributed by atoms with Crippen LogP contribution in [0.15, 0.2) is 24.3 Å². The average Bonchev–Trinajstić information content (AvgIpc) is 3.43. The van der Waals surface area contributed by atoms with Crippen LogP contribution in [0.1, 0.15) is 63.5 Å². The monoisotopic (exact) mass is 399 g/mol. The molecule has 3 aliphatic rings. The molecular formula is C22H29N3O4. The summed E-state index contributed by atoms with van der Waals surface area (Å²) in [6.07, 6.45) is 5.36. The summed E-state index contributed by atoms with van der Waals surface area (Å²) in [7, 11) is 0. The first-order valence-electron chi connectivity index (χ1n) is 10.7. The molecule has 1 aliphatic carbocycles. The zero-order valence-electron chi connectivity index (χ0n) is 17.0. The normalized spacial score (nSPS) is 23.1. The van der Waals surface area contributed by atoms with Crippen molar-refractivity contribution >= 4 is 17.8 Å². The van der Waals surface area contributed by atoms with E-state index in [1.807, 2.05) is 36.1 Å². The van der Waals surface area contributed by atoms with E-state index in [9.17, 15) is 14.4 Å². The van der Waals surface area contributed by atoms with Gasteiger partial charge >= 0.3 is 6.03 Å². The van der Waals surface area contributed by atoms with Gasteiger partial charge in [-0.15, -0.1) is 0 Å². The van der Waals surface area contributed by atoms with Crippen LogP contribution >= 0.6 is 0 Å². The average molecular weight is 399 g/mol. The summed E-state index contributed by atoms with van der Waals surface area (Å²) in [4.78, 5) is 41.1. The lowest BCUT2D eigenvalue weighted by Crippen LogP contribution is -2.44. The Hall–Kier alpha value is -2.57. The number of urea groups is 1. The van der Waals surface area contributed by atoms with Gasteiger partial charge in [-0.05, 0) is 50.3 Å². The van der Waals surface area contributed by atoms with Crippen LogP contribution in [0, 0.1) is 0 Å². The predicted octanol–water partition coefficient (Wildman–Crippen LogP) is 3.00. The molecule has 1 N–H and O–H groups in total. The summed E-state index contributed by atoms with van der Waals surface area (Å²) in [5.41, 5.74) is 0.387. The zero-order chi connectivity index (χ0) is 20.4. The number of carbonyl (C=O) groups is 3. The van der Waals surface area contributed by atoms with Crippen LogP contribution in [0.5, 0.6) is 5.75 Å². The van der Waals surface area contributed by atoms with E-state index in [0.717, 1.165) is 37.0 Å². The largest absolute Gasteiger partial charge is 0.494 e. The molecule has 1 aromatic rings. The lowest BCUT2D eigenvalue weighted by molar-refractivity contribution is -0.134. The van der Waals surface area contributed by atoms with Gasteiger partial charge in [0.15, 0.2) is 0 Å². The molecule has 0 bridgehead atoms. The Morgan fingerprint density at radius 1 is 1.17 bits per heavy atom. The molecule has 4 amide bonds. The maximum absolute atomic E-state index is 12.9. The third-order valence-electron chi connectivity index (χ3n) is 6.40. The van der Waals surface area contributed by atoms with E-state index >= 15 is 0 Å². The van der Waals surface area contributed by atoms with Crippen LogP contribution in [0.2, 0.25) is 0 Å². The van der Waals surface area contributed by atoms with Crippen LogP contribution < -0.4 is 10.1 Å². The predicted molar refractivity (Wildman–Crippen MR) is 107 cm³/mol. The molecule has 1 saturated carbocycles. The molecule has 0 aromatic heterocycles. The van der Waals surface area contributed by atoms with Crippen LogP contribution in [-0.2, 0) is 9.59 Å². The summed E-state index contributed by atoms with van der Waals surface area (Å²) in [6.45, 7) is 3.43. The molecular weight excluding hydrogens is 370 g/mol. The van der Waals surface area contributed by atoms with Gasteiger partial charge in [0.1, 0.15) is 11.3 Å². The highest BCUT2D eigenvalue weighted by Crippen LogP contribution is 2.36. The Labute approximate surface area is 171 Å². The van der Waals surface area contributed by atoms with Crippen molar-refractivity contribution in [3.05, 3.63) is 29.8 Å². The molecule has 1 atom stereocenters. The quantitative estimate of drug-likeness (QED) is 0.746. The van der Waals surface area contributed by atoms with Gasteiger partial charge in [-0.2, -0.15) is 0 Å². The van der Waals surface area contributed by atoms with E-state index in [4.69, 9.17) is 4.74 Å². The van der Waals surface area contributed by atoms with Crippen molar-refractivity contribution < 1.29 is 19.1 Å². The fourth-order valence-electron chi connectivity index (χ4n) is 4.91. The van der Waals surface area contributed by atoms with Crippen molar-refractivity contribution in [3.8, 4) is 5.75 Å². The lowest BCUT2D eigenvalue weighted by Gasteiger charge is -2.26. The number of nitrogens with zero attached hydrogens (tertiary/aromatic N) is 2. The minimum Gasteiger partial charge on any atom is -0.494 e. The maximum atomic E-state index is 12.9. The third-order valence-corrected chi connectivity index (χ3v) is 6.40. The molecule has 1 spiro atoms. The van der Waals surface area contributed by atoms with Gasteiger partial charge in [0.25, 0.3) is 5.91 Å². The van der Waals surface area contributed by atoms with Crippen LogP contribution in [0.3, 0.4) is 0 Å². The van der Waals surface area contributed by atoms with Crippen molar-refractivity contribution in [2.45, 2.75) is 63.5 Å². The summed E-state index contributed by atoms with van der Waals surface area (Å²) in [5.74, 6) is 0.665. The third kappa shape index (κ3) is 3.70. The number of amides is 4. The standard InChI is InChI=1S/C22H29N3O4/c1-2-29-17-9-7-16(8-10-17)18-6-5-14-24(18)19(26)11-15-25-20(27)22(23-21(25)28)12-3-4-13-22/h7-10,18H,2-6,11-15H2,1H3,(H,23,28)/t18-/m0/s1. The van der Waals surface area contributed by atoms with Gasteiger partial charge in [0.05, 0.1) is 12.6 Å². The van der Waals surface area contributed by atoms with Crippen molar-refractivity contribution in [2.24, 2.45) is 0 Å². The van der Waals surface area contributed by atoms with Crippen molar-refractivity contribution in [1.82, 2.24) is 15.1 Å². The molecule has 2 aliphatic heterocycles. The molecule has 2 heterocycles. The van der Waals surface area contributed by atoms with E-state index in [0.29, 0.717) is 26.0 Å². The van der Waals surface area contributed by atoms with Crippen molar-refractivity contribution in [2.75, 3.05) is 19.7 Å². The fraction of sp³-hybridized carbons (Fsp3) is 0.591. The molecule has 3 fully saturated rings. The van der Waals surface area contributed by atoms with Crippen LogP contribution in [-0.4, -0.2) is 52.9 Å². The van der Waals surface area contributed by atoms with Crippen LogP contribution in [0.25, 0.3) is 0 Å². The topological polar surface area (TPSA) is 79.0 Å². The minimum absolute atomic E-state index is 0.00523. The number of benzene rings is 1. The van der Waals surface area contributed by atoms with Crippen molar-refractivity contribution in [3.63, 3.8) is 0 Å². The SMILES string of the molecule is CCOc1ccc([C@@H]2CCCN2C(=O)CCN2C(=O)NC3(CCCC3)C2=O)cc1. The van der Waals surface area contributed by atoms with Crippen molar-refractivity contribution in [1.29, 1.82) is 0 Å². The van der Waals surface area contributed by atoms with Crippen LogP contribution in [0.4, 0.5) is 4.79 Å². The van der Waals surface area contributed by atoms with E-state index < -0.39 is 5.54 Å². The molecule has 7 nitrogen and oxygen atoms in total. The Balaban J connectivity index is 1.37. The number of rotatable bonds is 6. The van der Waals surface area contributed by atoms with Gasteiger partial charge in [-0.3, -0.25) is 14.5 Å². The second-order valence-electron chi connectivity index (χ2n) is 8.17. The molecule has 1 aromatic carbocycles. The molecule has 2 saturated heterocycles. The molecule has 29 heavy (non-hydrogen) atoms. The molecule has 0 unspecified atom stereocenters. The number of nitrogens with one attached hydrogen (secondary N) is 1. The Kier molecular flexibility index (Phi) is 5.48. The summed E-state index contributed by atoms with van der Waals surface area (Å²) in [6, 6.07) is 7.60. The molecule has 7 heteroatoms. The Morgan fingerprint density at radius 3 is 2.59 bits per heavy atom. The molecule has 156 valence electrons. The Bertz CT molecular complexity index is 786. The number of hydrogen-bond donors (Lipinski definition) is 1. The summed E-state index contributed by atoms with van der Waals surface area (Å²) >= 11 is 0. The highest BCUT2D eigenvalue weighted by atomic mass is 16.5.